The summed E-state index contributed by atoms with van der Waals surface area (Å²) < 4.78 is 66.3. The Morgan fingerprint density at radius 1 is 0.426 bits per heavy atom. The highest BCUT2D eigenvalue weighted by Crippen LogP contribution is 2.46. The molecule has 8 rings (SSSR count). The molecule has 0 bridgehead atoms. The van der Waals surface area contributed by atoms with Gasteiger partial charge in [-0.1, -0.05) is 127 Å². The van der Waals surface area contributed by atoms with Gasteiger partial charge in [0.15, 0.2) is 5.75 Å². The molecule has 266 valence electrons. The van der Waals surface area contributed by atoms with Crippen LogP contribution in [-0.4, -0.2) is 17.4 Å². The summed E-state index contributed by atoms with van der Waals surface area (Å²) in [6.45, 7) is 0. The maximum atomic E-state index is 12.7. The molecule has 0 saturated carbocycles. The van der Waals surface area contributed by atoms with Gasteiger partial charge in [0.2, 0.25) is 29.1 Å². The molecule has 0 radical (unpaired) electrons. The zero-order valence-corrected chi connectivity index (χ0v) is 29.0. The molecule has 8 aromatic carbocycles. The van der Waals surface area contributed by atoms with Gasteiger partial charge in [0, 0.05) is 9.79 Å². The minimum Gasteiger partial charge on any atom is -0.507 e. The Morgan fingerprint density at radius 2 is 0.889 bits per heavy atom. The Balaban J connectivity index is 0.000000254. The average molecular weight is 743 g/mol. The van der Waals surface area contributed by atoms with E-state index in [1.54, 1.807) is 11.8 Å². The fraction of sp³-hybridized carbons (Fsp3) is 0. The SMILES string of the molecule is OB(O)Oc1c(F)c(F)c(F)c(F)c1F.c1ccc(Sc2ccc(-c3c(-c4ccccc4)c(-c4ccccc4)cc4cc5ccccc5cc34)cc2)cc1. The number of benzene rings is 8. The van der Waals surface area contributed by atoms with Crippen LogP contribution in [-0.2, 0) is 0 Å². The van der Waals surface area contributed by atoms with Gasteiger partial charge in [0.1, 0.15) is 0 Å². The van der Waals surface area contributed by atoms with E-state index in [1.165, 1.54) is 64.7 Å². The van der Waals surface area contributed by atoms with Crippen molar-refractivity contribution >= 4 is 40.6 Å². The van der Waals surface area contributed by atoms with Crippen molar-refractivity contribution in [3.63, 3.8) is 0 Å². The Kier molecular flexibility index (Phi) is 10.8. The second-order valence-corrected chi connectivity index (χ2v) is 13.3. The molecule has 0 aliphatic rings. The van der Waals surface area contributed by atoms with Crippen molar-refractivity contribution in [3.8, 4) is 39.1 Å². The quantitative estimate of drug-likeness (QED) is 0.0561. The molecule has 10 heteroatoms. The average Bonchev–Trinajstić information content (AvgIpc) is 3.21. The molecule has 0 aliphatic carbocycles. The smallest absolute Gasteiger partial charge is 0.507 e. The Morgan fingerprint density at radius 3 is 1.46 bits per heavy atom. The van der Waals surface area contributed by atoms with Crippen molar-refractivity contribution < 1.29 is 36.7 Å². The van der Waals surface area contributed by atoms with Gasteiger partial charge >= 0.3 is 7.32 Å². The lowest BCUT2D eigenvalue weighted by Gasteiger charge is -2.20. The molecule has 0 spiro atoms. The molecule has 0 aromatic heterocycles. The molecule has 3 nitrogen and oxygen atoms in total. The molecule has 0 amide bonds. The van der Waals surface area contributed by atoms with E-state index in [1.807, 2.05) is 0 Å². The van der Waals surface area contributed by atoms with Gasteiger partial charge in [-0.2, -0.15) is 8.78 Å². The lowest BCUT2D eigenvalue weighted by molar-refractivity contribution is 0.263. The molecular weight excluding hydrogens is 714 g/mol. The van der Waals surface area contributed by atoms with Gasteiger partial charge in [-0.05, 0) is 97.4 Å². The van der Waals surface area contributed by atoms with Crippen LogP contribution >= 0.6 is 11.8 Å². The summed E-state index contributed by atoms with van der Waals surface area (Å²) in [6, 6.07) is 57.0. The van der Waals surface area contributed by atoms with Crippen molar-refractivity contribution in [2.75, 3.05) is 0 Å². The van der Waals surface area contributed by atoms with Crippen LogP contribution in [0.4, 0.5) is 22.0 Å². The monoisotopic (exact) mass is 742 g/mol. The molecule has 0 unspecified atom stereocenters. The highest BCUT2D eigenvalue weighted by atomic mass is 32.2. The molecule has 2 N–H and O–H groups in total. The van der Waals surface area contributed by atoms with E-state index in [9.17, 15) is 22.0 Å². The van der Waals surface area contributed by atoms with Gasteiger partial charge in [0.25, 0.3) is 0 Å². The molecular formula is C44H28BF5O3S. The first kappa shape index (κ1) is 36.4. The van der Waals surface area contributed by atoms with Crippen molar-refractivity contribution in [2.45, 2.75) is 9.79 Å². The zero-order chi connectivity index (χ0) is 37.8. The highest BCUT2D eigenvalue weighted by Gasteiger charge is 2.29. The minimum atomic E-state index is -2.70. The summed E-state index contributed by atoms with van der Waals surface area (Å²) in [5, 5.41) is 21.4. The van der Waals surface area contributed by atoms with Gasteiger partial charge in [0.05, 0.1) is 0 Å². The third-order valence-corrected chi connectivity index (χ3v) is 9.68. The fourth-order valence-corrected chi connectivity index (χ4v) is 7.09. The van der Waals surface area contributed by atoms with Gasteiger partial charge < -0.3 is 14.7 Å². The minimum absolute atomic E-state index is 1.23. The summed E-state index contributed by atoms with van der Waals surface area (Å²) in [6.07, 6.45) is 0. The number of fused-ring (bicyclic) bond motifs is 2. The maximum absolute atomic E-state index is 12.7. The van der Waals surface area contributed by atoms with E-state index in [4.69, 9.17) is 10.0 Å². The van der Waals surface area contributed by atoms with Crippen LogP contribution in [0.3, 0.4) is 0 Å². The lowest BCUT2D eigenvalue weighted by Crippen LogP contribution is -2.23. The van der Waals surface area contributed by atoms with Crippen LogP contribution in [0.2, 0.25) is 0 Å². The normalized spacial score (nSPS) is 10.9. The second-order valence-electron chi connectivity index (χ2n) is 12.1. The molecule has 0 heterocycles. The standard InChI is InChI=1S/C38H26S.C6H2BF5O3/c1-4-12-27(13-5-1)35-26-32-24-30-16-10-11-17-31(30)25-36(32)38(37(35)28-14-6-2-7-15-28)29-20-22-34(23-21-29)39-33-18-8-3-9-19-33;8-1-2(9)4(11)6(15-7(13)14)5(12)3(1)10/h1-26H;13-14H. The van der Waals surface area contributed by atoms with E-state index in [0.29, 0.717) is 0 Å². The van der Waals surface area contributed by atoms with Crippen molar-refractivity contribution in [3.05, 3.63) is 187 Å². The van der Waals surface area contributed by atoms with E-state index < -0.39 is 42.2 Å². The van der Waals surface area contributed by atoms with Crippen molar-refractivity contribution in [1.29, 1.82) is 0 Å². The first-order chi connectivity index (χ1) is 26.2. The second kappa shape index (κ2) is 16.0. The van der Waals surface area contributed by atoms with Crippen LogP contribution in [0.5, 0.6) is 5.75 Å². The van der Waals surface area contributed by atoms with Gasteiger partial charge in [-0.3, -0.25) is 0 Å². The van der Waals surface area contributed by atoms with E-state index in [2.05, 4.69) is 162 Å². The predicted molar refractivity (Wildman–Crippen MR) is 205 cm³/mol. The Labute approximate surface area is 312 Å². The predicted octanol–water partition coefficient (Wildman–Crippen LogP) is 11.9. The number of hydrogen-bond acceptors (Lipinski definition) is 4. The molecule has 54 heavy (non-hydrogen) atoms. The maximum Gasteiger partial charge on any atom is 0.707 e. The summed E-state index contributed by atoms with van der Waals surface area (Å²) in [5.41, 5.74) is 7.48. The third-order valence-electron chi connectivity index (χ3n) is 8.67. The van der Waals surface area contributed by atoms with E-state index in [-0.39, 0.29) is 0 Å². The van der Waals surface area contributed by atoms with Gasteiger partial charge in [-0.25, -0.2) is 13.2 Å². The summed E-state index contributed by atoms with van der Waals surface area (Å²) in [7, 11) is -2.70. The highest BCUT2D eigenvalue weighted by molar-refractivity contribution is 7.99. The largest absolute Gasteiger partial charge is 0.707 e. The molecule has 8 aromatic rings. The topological polar surface area (TPSA) is 49.7 Å². The lowest BCUT2D eigenvalue weighted by atomic mass is 9.83. The van der Waals surface area contributed by atoms with Crippen LogP contribution in [0.15, 0.2) is 168 Å². The molecule has 0 aliphatic heterocycles. The van der Waals surface area contributed by atoms with Gasteiger partial charge in [-0.15, -0.1) is 0 Å². The molecule has 0 atom stereocenters. The number of hydrogen-bond donors (Lipinski definition) is 2. The van der Waals surface area contributed by atoms with E-state index in [0.717, 1.165) is 0 Å². The molecule has 0 saturated heterocycles. The first-order valence-corrected chi connectivity index (χ1v) is 17.5. The summed E-state index contributed by atoms with van der Waals surface area (Å²) in [4.78, 5) is 2.48. The fourth-order valence-electron chi connectivity index (χ4n) is 6.25. The first-order valence-electron chi connectivity index (χ1n) is 16.7. The van der Waals surface area contributed by atoms with Crippen LogP contribution in [0, 0.1) is 29.1 Å². The number of halogens is 5. The van der Waals surface area contributed by atoms with Crippen LogP contribution < -0.4 is 4.65 Å². The Hall–Kier alpha value is -5.94. The van der Waals surface area contributed by atoms with Crippen LogP contribution in [0.1, 0.15) is 0 Å². The van der Waals surface area contributed by atoms with Crippen molar-refractivity contribution in [2.24, 2.45) is 0 Å². The van der Waals surface area contributed by atoms with E-state index >= 15 is 0 Å². The van der Waals surface area contributed by atoms with Crippen molar-refractivity contribution in [1.82, 2.24) is 0 Å². The number of rotatable bonds is 7. The Bertz CT molecular complexity index is 2550. The zero-order valence-electron chi connectivity index (χ0n) is 28.2. The summed E-state index contributed by atoms with van der Waals surface area (Å²) in [5.74, 6) is -13.1. The molecule has 0 fully saturated rings. The van der Waals surface area contributed by atoms with Crippen LogP contribution in [0.25, 0.3) is 54.9 Å². The summed E-state index contributed by atoms with van der Waals surface area (Å²) >= 11 is 1.80. The third kappa shape index (κ3) is 7.58.